The Labute approximate surface area is 184 Å². The number of benzene rings is 2. The highest BCUT2D eigenvalue weighted by Crippen LogP contribution is 2.41. The predicted molar refractivity (Wildman–Crippen MR) is 120 cm³/mol. The molecule has 0 fully saturated rings. The van der Waals surface area contributed by atoms with Gasteiger partial charge in [0.15, 0.2) is 5.78 Å². The molecule has 0 saturated carbocycles. The number of hydrogen-bond acceptors (Lipinski definition) is 4. The van der Waals surface area contributed by atoms with Crippen LogP contribution >= 0.6 is 11.6 Å². The zero-order valence-electron chi connectivity index (χ0n) is 17.0. The number of halogens is 1. The van der Waals surface area contributed by atoms with Crippen LogP contribution in [0.5, 0.6) is 0 Å². The van der Waals surface area contributed by atoms with Crippen molar-refractivity contribution in [2.24, 2.45) is 0 Å². The molecular formula is C24H21ClN4O2. The maximum Gasteiger partial charge on any atom is 0.261 e. The largest absolute Gasteiger partial charge is 0.343 e. The van der Waals surface area contributed by atoms with Crippen LogP contribution < -0.4 is 10.6 Å². The van der Waals surface area contributed by atoms with E-state index in [1.54, 1.807) is 23.0 Å². The van der Waals surface area contributed by atoms with Crippen molar-refractivity contribution in [1.29, 1.82) is 0 Å². The van der Waals surface area contributed by atoms with Gasteiger partial charge in [0.1, 0.15) is 17.4 Å². The topological polar surface area (TPSA) is 76.0 Å². The monoisotopic (exact) mass is 432 g/mol. The van der Waals surface area contributed by atoms with Gasteiger partial charge in [-0.15, -0.1) is 0 Å². The molecule has 156 valence electrons. The van der Waals surface area contributed by atoms with Gasteiger partial charge in [0, 0.05) is 28.4 Å². The van der Waals surface area contributed by atoms with Gasteiger partial charge in [0.05, 0.1) is 6.20 Å². The number of allylic oxidation sites excluding steroid dienone is 2. The predicted octanol–water partition coefficient (Wildman–Crippen LogP) is 5.12. The molecular weight excluding hydrogens is 412 g/mol. The number of carbonyl (C=O) groups excluding carboxylic acids is 2. The highest BCUT2D eigenvalue weighted by molar-refractivity contribution is 6.30. The van der Waals surface area contributed by atoms with Gasteiger partial charge < -0.3 is 10.6 Å². The van der Waals surface area contributed by atoms with E-state index >= 15 is 0 Å². The van der Waals surface area contributed by atoms with Gasteiger partial charge in [-0.1, -0.05) is 41.9 Å². The highest BCUT2D eigenvalue weighted by atomic mass is 35.5. The molecule has 31 heavy (non-hydrogen) atoms. The van der Waals surface area contributed by atoms with Gasteiger partial charge in [-0.2, -0.15) is 5.10 Å². The van der Waals surface area contributed by atoms with Gasteiger partial charge >= 0.3 is 0 Å². The van der Waals surface area contributed by atoms with Crippen molar-refractivity contribution < 1.29 is 9.59 Å². The number of aromatic nitrogens is 2. The van der Waals surface area contributed by atoms with Crippen molar-refractivity contribution in [3.05, 3.63) is 87.7 Å². The number of nitrogens with zero attached hydrogens (tertiary/aromatic N) is 2. The summed E-state index contributed by atoms with van der Waals surface area (Å²) in [6, 6.07) is 14.7. The van der Waals surface area contributed by atoms with Crippen molar-refractivity contribution in [2.75, 3.05) is 10.6 Å². The molecule has 7 heteroatoms. The second kappa shape index (κ2) is 7.71. The minimum absolute atomic E-state index is 0.112. The van der Waals surface area contributed by atoms with Gasteiger partial charge in [-0.05, 0) is 49.1 Å². The van der Waals surface area contributed by atoms with Crippen LogP contribution in [-0.4, -0.2) is 21.5 Å². The highest BCUT2D eigenvalue weighted by Gasteiger charge is 2.37. The van der Waals surface area contributed by atoms with E-state index in [1.807, 2.05) is 43.3 Å². The van der Waals surface area contributed by atoms with Crippen LogP contribution in [0.15, 0.2) is 66.0 Å². The molecule has 0 unspecified atom stereocenters. The number of rotatable bonds is 3. The van der Waals surface area contributed by atoms with Gasteiger partial charge in [-0.3, -0.25) is 9.59 Å². The van der Waals surface area contributed by atoms with Crippen molar-refractivity contribution in [3.63, 3.8) is 0 Å². The van der Waals surface area contributed by atoms with Crippen molar-refractivity contribution in [3.8, 4) is 0 Å². The minimum Gasteiger partial charge on any atom is -0.343 e. The van der Waals surface area contributed by atoms with E-state index in [2.05, 4.69) is 15.7 Å². The fourth-order valence-corrected chi connectivity index (χ4v) is 4.41. The molecule has 2 heterocycles. The fraction of sp³-hybridized carbons (Fsp3) is 0.208. The number of carbonyl (C=O) groups is 2. The first kappa shape index (κ1) is 19.6. The smallest absolute Gasteiger partial charge is 0.261 e. The minimum atomic E-state index is -0.392. The van der Waals surface area contributed by atoms with E-state index in [1.165, 1.54) is 0 Å². The molecule has 1 amide bonds. The maximum absolute atomic E-state index is 13.1. The standard InChI is InChI=1S/C24H21ClN4O2/c1-14-5-2-3-6-18(14)28-24(31)17-13-26-29-22(15-9-11-16(25)12-10-15)21-19(27-23(17)29)7-4-8-20(21)30/h2-3,5-6,9-13,22,27H,4,7-8H2,1H3,(H,28,31)/t22-/m0/s1. The summed E-state index contributed by atoms with van der Waals surface area (Å²) in [5, 5.41) is 11.5. The Hall–Kier alpha value is -3.38. The first-order chi connectivity index (χ1) is 15.0. The summed E-state index contributed by atoms with van der Waals surface area (Å²) in [5.41, 5.74) is 4.66. The number of hydrogen-bond donors (Lipinski definition) is 2. The van der Waals surface area contributed by atoms with Crippen LogP contribution in [0.3, 0.4) is 0 Å². The van der Waals surface area contributed by atoms with E-state index in [0.717, 1.165) is 40.9 Å². The van der Waals surface area contributed by atoms with Crippen LogP contribution in [0.4, 0.5) is 11.5 Å². The van der Waals surface area contributed by atoms with E-state index in [0.29, 0.717) is 22.8 Å². The van der Waals surface area contributed by atoms with Crippen LogP contribution in [0.1, 0.15) is 46.8 Å². The van der Waals surface area contributed by atoms with Crippen molar-refractivity contribution in [2.45, 2.75) is 32.2 Å². The van der Waals surface area contributed by atoms with E-state index < -0.39 is 6.04 Å². The van der Waals surface area contributed by atoms with Crippen LogP contribution in [-0.2, 0) is 4.79 Å². The van der Waals surface area contributed by atoms with Crippen LogP contribution in [0.2, 0.25) is 5.02 Å². The second-order valence-electron chi connectivity index (χ2n) is 7.87. The summed E-state index contributed by atoms with van der Waals surface area (Å²) in [5.74, 6) is 0.462. The number of aryl methyl sites for hydroxylation is 1. The van der Waals surface area contributed by atoms with E-state index in [4.69, 9.17) is 11.6 Å². The first-order valence-corrected chi connectivity index (χ1v) is 10.6. The summed E-state index contributed by atoms with van der Waals surface area (Å²) in [6.45, 7) is 1.95. The summed E-state index contributed by atoms with van der Waals surface area (Å²) in [7, 11) is 0. The quantitative estimate of drug-likeness (QED) is 0.602. The molecule has 6 nitrogen and oxygen atoms in total. The Morgan fingerprint density at radius 2 is 1.94 bits per heavy atom. The second-order valence-corrected chi connectivity index (χ2v) is 8.30. The zero-order valence-corrected chi connectivity index (χ0v) is 17.7. The lowest BCUT2D eigenvalue weighted by Crippen LogP contribution is -2.32. The number of anilines is 2. The molecule has 5 rings (SSSR count). The molecule has 3 aromatic rings. The van der Waals surface area contributed by atoms with Gasteiger partial charge in [0.2, 0.25) is 0 Å². The Morgan fingerprint density at radius 3 is 2.71 bits per heavy atom. The molecule has 2 aliphatic rings. The normalized spacial score (nSPS) is 17.6. The number of nitrogens with one attached hydrogen (secondary N) is 2. The molecule has 1 aromatic heterocycles. The van der Waals surface area contributed by atoms with Gasteiger partial charge in [0.25, 0.3) is 5.91 Å². The Kier molecular flexibility index (Phi) is 4.87. The number of para-hydroxylation sites is 1. The molecule has 1 atom stereocenters. The average Bonchev–Trinajstić information content (AvgIpc) is 3.18. The lowest BCUT2D eigenvalue weighted by molar-refractivity contribution is -0.116. The summed E-state index contributed by atoms with van der Waals surface area (Å²) in [4.78, 5) is 26.0. The van der Waals surface area contributed by atoms with Crippen molar-refractivity contribution >= 4 is 34.8 Å². The molecule has 0 saturated heterocycles. The zero-order chi connectivity index (χ0) is 21.5. The van der Waals surface area contributed by atoms with Crippen LogP contribution in [0.25, 0.3) is 0 Å². The van der Waals surface area contributed by atoms with Gasteiger partial charge in [-0.25, -0.2) is 4.68 Å². The maximum atomic E-state index is 13.1. The molecule has 0 bridgehead atoms. The molecule has 1 aliphatic heterocycles. The number of ketones is 1. The summed E-state index contributed by atoms with van der Waals surface area (Å²) < 4.78 is 1.73. The number of fused-ring (bicyclic) bond motifs is 1. The lowest BCUT2D eigenvalue weighted by Gasteiger charge is -2.33. The third-order valence-electron chi connectivity index (χ3n) is 5.86. The third-order valence-corrected chi connectivity index (χ3v) is 6.11. The average molecular weight is 433 g/mol. The Bertz CT molecular complexity index is 1230. The molecule has 2 N–H and O–H groups in total. The molecule has 1 aliphatic carbocycles. The fourth-order valence-electron chi connectivity index (χ4n) is 4.28. The third kappa shape index (κ3) is 3.43. The van der Waals surface area contributed by atoms with Crippen LogP contribution in [0, 0.1) is 6.92 Å². The Morgan fingerprint density at radius 1 is 1.16 bits per heavy atom. The van der Waals surface area contributed by atoms with Crippen molar-refractivity contribution in [1.82, 2.24) is 9.78 Å². The first-order valence-electron chi connectivity index (χ1n) is 10.3. The lowest BCUT2D eigenvalue weighted by atomic mass is 9.85. The number of Topliss-reactive ketones (excluding diaryl/α,β-unsaturated/α-hetero) is 1. The van der Waals surface area contributed by atoms with E-state index in [9.17, 15) is 9.59 Å². The number of amides is 1. The molecule has 0 radical (unpaired) electrons. The Balaban J connectivity index is 1.58. The summed E-state index contributed by atoms with van der Waals surface area (Å²) >= 11 is 6.09. The SMILES string of the molecule is Cc1ccccc1NC(=O)c1cnn2c1NC1=C(C(=O)CCC1)[C@@H]2c1ccc(Cl)cc1. The van der Waals surface area contributed by atoms with E-state index in [-0.39, 0.29) is 11.7 Å². The summed E-state index contributed by atoms with van der Waals surface area (Å²) in [6.07, 6.45) is 3.62. The molecule has 0 spiro atoms. The molecule has 2 aromatic carbocycles.